The second-order valence-corrected chi connectivity index (χ2v) is 28.3. The lowest BCUT2D eigenvalue weighted by atomic mass is 9.68. The summed E-state index contributed by atoms with van der Waals surface area (Å²) in [4.78, 5) is 35.6. The van der Waals surface area contributed by atoms with E-state index < -0.39 is 109 Å². The number of benzene rings is 3. The van der Waals surface area contributed by atoms with Crippen LogP contribution in [-0.4, -0.2) is 190 Å². The Bertz CT molecular complexity index is 2250. The van der Waals surface area contributed by atoms with Crippen molar-refractivity contribution in [2.45, 2.75) is 198 Å². The molecule has 1 amide bonds. The molecule has 0 saturated carbocycles. The Morgan fingerprint density at radius 2 is 1.34 bits per heavy atom. The van der Waals surface area contributed by atoms with Crippen LogP contribution in [0.3, 0.4) is 0 Å². The molecular formula is C63H99N3O12P+. The number of amides is 1. The van der Waals surface area contributed by atoms with Crippen LogP contribution >= 0.6 is 7.26 Å². The molecule has 16 heteroatoms. The number of aliphatic hydroxyl groups excluding tert-OH is 3. The number of methoxy groups -OCH3 is 1. The first kappa shape index (κ1) is 64.8. The highest BCUT2D eigenvalue weighted by Gasteiger charge is 2.55. The molecule has 18 atom stereocenters. The predicted molar refractivity (Wildman–Crippen MR) is 313 cm³/mol. The molecule has 0 aromatic heterocycles. The van der Waals surface area contributed by atoms with E-state index in [9.17, 15) is 35.1 Å². The minimum absolute atomic E-state index is 0.0872. The first-order valence-electron chi connectivity index (χ1n) is 29.1. The van der Waals surface area contributed by atoms with Crippen molar-refractivity contribution in [3.05, 3.63) is 91.0 Å². The van der Waals surface area contributed by atoms with Crippen LogP contribution in [0, 0.1) is 23.7 Å². The van der Waals surface area contributed by atoms with Crippen LogP contribution in [0.1, 0.15) is 114 Å². The Hall–Kier alpha value is -3.41. The van der Waals surface area contributed by atoms with Crippen LogP contribution < -0.4 is 15.9 Å². The first-order chi connectivity index (χ1) is 37.2. The second kappa shape index (κ2) is 27.8. The van der Waals surface area contributed by atoms with Gasteiger partial charge < -0.3 is 63.9 Å². The standard InChI is InChI=1S/C63H99N3O12P/c1-15-52-63(10,73)56(69)45(6)66(53(67)33-25-26-34-65(13)35-36-79(47-27-19-16-20-28-47,48-29-21-17-22-30-48)49-31-23-18-24-32-49)40-41(2)38-61(8,72)58(78-60-55(68)50(64(11)12)37-42(3)75-60)43(4)54(44(5)59(71)77-52)51-39-62(9,74-14)57(70)46(7)76-51/h16-24,27-32,41-46,50-52,54-58,60,68-70,72-73H,15,25-26,33-40H2,1-14H3/q+1/t41-,42-,43+,44-,45-,46+,50+,51?,52-,54+,55-,56-,57+,58-,60+,61-,62-,63-/m1/s1. The number of hydrogen-bond donors (Lipinski definition) is 5. The molecule has 3 heterocycles. The highest BCUT2D eigenvalue weighted by molar-refractivity contribution is 7.95. The fourth-order valence-corrected chi connectivity index (χ4v) is 17.9. The number of ether oxygens (including phenoxy) is 5. The van der Waals surface area contributed by atoms with Crippen LogP contribution in [0.15, 0.2) is 91.0 Å². The molecule has 3 aromatic carbocycles. The Morgan fingerprint density at radius 3 is 1.86 bits per heavy atom. The molecule has 6 rings (SSSR count). The first-order valence-corrected chi connectivity index (χ1v) is 31.1. The molecule has 3 aromatic rings. The summed E-state index contributed by atoms with van der Waals surface area (Å²) < 4.78 is 32.2. The number of likely N-dealkylation sites (N-methyl/N-ethyl adjacent to an activating group) is 1. The van der Waals surface area contributed by atoms with Crippen molar-refractivity contribution in [1.82, 2.24) is 14.7 Å². The average Bonchev–Trinajstić information content (AvgIpc) is 3.45. The van der Waals surface area contributed by atoms with Gasteiger partial charge in [0.05, 0.1) is 53.7 Å². The number of nitrogens with zero attached hydrogens (tertiary/aromatic N) is 3. The summed E-state index contributed by atoms with van der Waals surface area (Å²) in [5.74, 6) is -3.74. The molecule has 3 aliphatic rings. The Kier molecular flexibility index (Phi) is 22.8. The molecule has 3 fully saturated rings. The lowest BCUT2D eigenvalue weighted by molar-refractivity contribution is -0.302. The van der Waals surface area contributed by atoms with Gasteiger partial charge in [-0.15, -0.1) is 0 Å². The van der Waals surface area contributed by atoms with E-state index >= 15 is 0 Å². The number of esters is 1. The zero-order valence-electron chi connectivity index (χ0n) is 50.0. The third kappa shape index (κ3) is 14.9. The Morgan fingerprint density at radius 1 is 0.785 bits per heavy atom. The summed E-state index contributed by atoms with van der Waals surface area (Å²) >= 11 is 0. The third-order valence-electron chi connectivity index (χ3n) is 18.2. The van der Waals surface area contributed by atoms with Gasteiger partial charge in [0, 0.05) is 45.0 Å². The molecule has 3 saturated heterocycles. The number of unbranched alkanes of at least 4 members (excludes halogenated alkanes) is 1. The van der Waals surface area contributed by atoms with Gasteiger partial charge in [-0.2, -0.15) is 0 Å². The summed E-state index contributed by atoms with van der Waals surface area (Å²) in [6, 6.07) is 31.3. The van der Waals surface area contributed by atoms with Gasteiger partial charge in [0.15, 0.2) is 6.29 Å². The van der Waals surface area contributed by atoms with E-state index in [-0.39, 0.29) is 50.3 Å². The SMILES string of the molecule is CC[C@H]1OC(=O)[C@H](C)[C@@H](C2C[C@@](C)(OC)[C@@H](O)[C@H](C)O2)[C@H](C)[C@@H](O[C@@H]2O[C@H](C)C[C@H](N(C)C)[C@H]2O)[C@](C)(O)C[C@@H](C)CN(C(=O)CCCCN(C)CC[P+](c2ccccc2)(c2ccccc2)c2ccccc2)[C@H](C)[C@@H](O)[C@]1(C)O. The normalized spacial score (nSPS) is 36.6. The number of carbonyl (C=O) groups is 2. The zero-order chi connectivity index (χ0) is 58.2. The largest absolute Gasteiger partial charge is 0.459 e. The highest BCUT2D eigenvalue weighted by Crippen LogP contribution is 2.55. The fraction of sp³-hybridized carbons (Fsp3) is 0.683. The number of aliphatic hydroxyl groups is 5. The van der Waals surface area contributed by atoms with Gasteiger partial charge >= 0.3 is 5.97 Å². The van der Waals surface area contributed by atoms with Crippen molar-refractivity contribution in [2.24, 2.45) is 23.7 Å². The topological polar surface area (TPSA) is 191 Å². The third-order valence-corrected chi connectivity index (χ3v) is 22.6. The molecular weight excluding hydrogens is 1020 g/mol. The van der Waals surface area contributed by atoms with E-state index in [1.165, 1.54) is 29.9 Å². The summed E-state index contributed by atoms with van der Waals surface area (Å²) in [5, 5.41) is 65.1. The number of rotatable bonds is 17. The quantitative estimate of drug-likeness (QED) is 0.0587. The highest BCUT2D eigenvalue weighted by atomic mass is 31.2. The smallest absolute Gasteiger partial charge is 0.309 e. The van der Waals surface area contributed by atoms with Crippen molar-refractivity contribution in [3.8, 4) is 0 Å². The van der Waals surface area contributed by atoms with Crippen LogP contribution in [0.25, 0.3) is 0 Å². The van der Waals surface area contributed by atoms with Gasteiger partial charge in [-0.25, -0.2) is 0 Å². The molecule has 0 aliphatic carbocycles. The lowest BCUT2D eigenvalue weighted by Gasteiger charge is -2.51. The van der Waals surface area contributed by atoms with Crippen LogP contribution in [-0.2, 0) is 33.3 Å². The summed E-state index contributed by atoms with van der Waals surface area (Å²) in [5.41, 5.74) is -4.77. The molecule has 3 aliphatic heterocycles. The van der Waals surface area contributed by atoms with E-state index in [2.05, 4.69) is 103 Å². The monoisotopic (exact) mass is 1120 g/mol. The maximum absolute atomic E-state index is 14.9. The molecule has 0 spiro atoms. The van der Waals surface area contributed by atoms with Crippen LogP contribution in [0.2, 0.25) is 0 Å². The maximum Gasteiger partial charge on any atom is 0.309 e. The molecule has 1 unspecified atom stereocenters. The van der Waals surface area contributed by atoms with Crippen molar-refractivity contribution in [1.29, 1.82) is 0 Å². The molecule has 0 radical (unpaired) electrons. The maximum atomic E-state index is 14.9. The van der Waals surface area contributed by atoms with Crippen LogP contribution in [0.4, 0.5) is 0 Å². The average molecular weight is 1120 g/mol. The Balaban J connectivity index is 1.29. The number of cyclic esters (lactones) is 1. The predicted octanol–water partition coefficient (Wildman–Crippen LogP) is 6.17. The fourth-order valence-electron chi connectivity index (χ4n) is 13.5. The van der Waals surface area contributed by atoms with Crippen molar-refractivity contribution in [3.63, 3.8) is 0 Å². The number of hydrogen-bond acceptors (Lipinski definition) is 14. The molecule has 5 N–H and O–H groups in total. The summed E-state index contributed by atoms with van der Waals surface area (Å²) in [6.07, 6.45) is -5.50. The van der Waals surface area contributed by atoms with Crippen LogP contribution in [0.5, 0.6) is 0 Å². The van der Waals surface area contributed by atoms with E-state index in [0.29, 0.717) is 12.8 Å². The van der Waals surface area contributed by atoms with Crippen molar-refractivity contribution in [2.75, 3.05) is 54.0 Å². The van der Waals surface area contributed by atoms with E-state index in [1.807, 2.05) is 39.8 Å². The Labute approximate surface area is 473 Å². The summed E-state index contributed by atoms with van der Waals surface area (Å²) in [7, 11) is 5.40. The van der Waals surface area contributed by atoms with Gasteiger partial charge in [-0.05, 0) is 150 Å². The number of carbonyl (C=O) groups excluding carboxylic acids is 2. The molecule has 0 bridgehead atoms. The van der Waals surface area contributed by atoms with E-state index in [0.717, 1.165) is 25.7 Å². The van der Waals surface area contributed by atoms with Gasteiger partial charge in [-0.1, -0.05) is 82.3 Å². The molecule has 79 heavy (non-hydrogen) atoms. The van der Waals surface area contributed by atoms with Gasteiger partial charge in [-0.3, -0.25) is 9.59 Å². The van der Waals surface area contributed by atoms with E-state index in [4.69, 9.17) is 23.7 Å². The van der Waals surface area contributed by atoms with Crippen molar-refractivity contribution < 1.29 is 58.8 Å². The summed E-state index contributed by atoms with van der Waals surface area (Å²) in [6.45, 7) is 19.4. The minimum Gasteiger partial charge on any atom is -0.459 e. The second-order valence-electron chi connectivity index (χ2n) is 24.7. The van der Waals surface area contributed by atoms with E-state index in [1.54, 1.807) is 46.4 Å². The lowest BCUT2D eigenvalue weighted by Crippen LogP contribution is -2.61. The van der Waals surface area contributed by atoms with Gasteiger partial charge in [0.1, 0.15) is 53.2 Å². The van der Waals surface area contributed by atoms with Gasteiger partial charge in [0.25, 0.3) is 0 Å². The van der Waals surface area contributed by atoms with Gasteiger partial charge in [0.2, 0.25) is 5.91 Å². The zero-order valence-corrected chi connectivity index (χ0v) is 50.9. The van der Waals surface area contributed by atoms with Crippen molar-refractivity contribution >= 4 is 35.1 Å². The molecule has 442 valence electrons. The minimum atomic E-state index is -2.05. The molecule has 15 nitrogen and oxygen atoms in total.